The van der Waals surface area contributed by atoms with Gasteiger partial charge in [-0.05, 0) is 12.5 Å². The topological polar surface area (TPSA) is 58.4 Å². The first-order valence-electron chi connectivity index (χ1n) is 5.68. The Morgan fingerprint density at radius 2 is 2.41 bits per heavy atom. The predicted molar refractivity (Wildman–Crippen MR) is 65.8 cm³/mol. The first-order chi connectivity index (χ1) is 8.13. The Morgan fingerprint density at radius 3 is 2.88 bits per heavy atom. The van der Waals surface area contributed by atoms with Gasteiger partial charge in [-0.25, -0.2) is 0 Å². The number of carbonyl (C=O) groups is 1. The molecule has 0 atom stereocenters. The molecule has 94 valence electrons. The van der Waals surface area contributed by atoms with Crippen LogP contribution in [0, 0.1) is 0 Å². The summed E-state index contributed by atoms with van der Waals surface area (Å²) in [6.07, 6.45) is 2.44. The van der Waals surface area contributed by atoms with E-state index in [1.54, 1.807) is 28.8 Å². The van der Waals surface area contributed by atoms with Crippen molar-refractivity contribution in [2.24, 2.45) is 7.05 Å². The SMILES string of the molecule is C=CCN(CCO)C(=O)c1cc(CC)nn1C. The summed E-state index contributed by atoms with van der Waals surface area (Å²) in [4.78, 5) is 13.7. The molecule has 1 aromatic heterocycles. The molecule has 0 aliphatic rings. The van der Waals surface area contributed by atoms with Gasteiger partial charge in [0.15, 0.2) is 0 Å². The van der Waals surface area contributed by atoms with Crippen LogP contribution in [0.15, 0.2) is 18.7 Å². The highest BCUT2D eigenvalue weighted by atomic mass is 16.3. The zero-order valence-corrected chi connectivity index (χ0v) is 10.4. The van der Waals surface area contributed by atoms with E-state index in [0.29, 0.717) is 18.8 Å². The van der Waals surface area contributed by atoms with Crippen molar-refractivity contribution in [3.05, 3.63) is 30.1 Å². The van der Waals surface area contributed by atoms with Crippen molar-refractivity contribution in [3.8, 4) is 0 Å². The van der Waals surface area contributed by atoms with Crippen LogP contribution in [0.5, 0.6) is 0 Å². The van der Waals surface area contributed by atoms with Crippen LogP contribution >= 0.6 is 0 Å². The molecular formula is C12H19N3O2. The summed E-state index contributed by atoms with van der Waals surface area (Å²) in [5.41, 5.74) is 1.43. The molecule has 1 rings (SSSR count). The van der Waals surface area contributed by atoms with E-state index in [-0.39, 0.29) is 12.5 Å². The molecule has 0 fully saturated rings. The number of amides is 1. The highest BCUT2D eigenvalue weighted by Gasteiger charge is 2.18. The van der Waals surface area contributed by atoms with Crippen LogP contribution in [0.4, 0.5) is 0 Å². The number of aryl methyl sites for hydroxylation is 2. The second kappa shape index (κ2) is 6.20. The highest BCUT2D eigenvalue weighted by Crippen LogP contribution is 2.07. The van der Waals surface area contributed by atoms with Gasteiger partial charge in [-0.3, -0.25) is 9.48 Å². The molecule has 0 aliphatic heterocycles. The molecule has 0 saturated carbocycles. The van der Waals surface area contributed by atoms with Crippen LogP contribution in [0.1, 0.15) is 23.1 Å². The molecular weight excluding hydrogens is 218 g/mol. The quantitative estimate of drug-likeness (QED) is 0.737. The van der Waals surface area contributed by atoms with Crippen molar-refractivity contribution in [2.75, 3.05) is 19.7 Å². The lowest BCUT2D eigenvalue weighted by molar-refractivity contribution is 0.0732. The van der Waals surface area contributed by atoms with E-state index in [1.807, 2.05) is 6.92 Å². The third-order valence-corrected chi connectivity index (χ3v) is 2.52. The van der Waals surface area contributed by atoms with Crippen molar-refractivity contribution in [3.63, 3.8) is 0 Å². The van der Waals surface area contributed by atoms with E-state index in [4.69, 9.17) is 5.11 Å². The second-order valence-corrected chi connectivity index (χ2v) is 3.76. The Bertz CT molecular complexity index is 398. The number of aromatic nitrogens is 2. The second-order valence-electron chi connectivity index (χ2n) is 3.76. The lowest BCUT2D eigenvalue weighted by Crippen LogP contribution is -2.34. The lowest BCUT2D eigenvalue weighted by atomic mass is 10.2. The third kappa shape index (κ3) is 3.17. The highest BCUT2D eigenvalue weighted by molar-refractivity contribution is 5.92. The summed E-state index contributed by atoms with van der Waals surface area (Å²) in [6.45, 7) is 6.26. The fourth-order valence-corrected chi connectivity index (χ4v) is 1.61. The van der Waals surface area contributed by atoms with Gasteiger partial charge in [0.05, 0.1) is 12.3 Å². The molecule has 17 heavy (non-hydrogen) atoms. The van der Waals surface area contributed by atoms with Crippen molar-refractivity contribution < 1.29 is 9.90 Å². The Labute approximate surface area is 101 Å². The smallest absolute Gasteiger partial charge is 0.272 e. The van der Waals surface area contributed by atoms with Gasteiger partial charge in [0.2, 0.25) is 0 Å². The number of rotatable bonds is 6. The van der Waals surface area contributed by atoms with E-state index in [2.05, 4.69) is 11.7 Å². The van der Waals surface area contributed by atoms with E-state index in [1.165, 1.54) is 0 Å². The van der Waals surface area contributed by atoms with Crippen LogP contribution in [0.2, 0.25) is 0 Å². The fraction of sp³-hybridized carbons (Fsp3) is 0.500. The van der Waals surface area contributed by atoms with Gasteiger partial charge >= 0.3 is 0 Å². The maximum Gasteiger partial charge on any atom is 0.272 e. The molecule has 0 radical (unpaired) electrons. The number of nitrogens with zero attached hydrogens (tertiary/aromatic N) is 3. The molecule has 1 amide bonds. The zero-order chi connectivity index (χ0) is 12.8. The molecule has 5 heteroatoms. The average molecular weight is 237 g/mol. The molecule has 1 N–H and O–H groups in total. The lowest BCUT2D eigenvalue weighted by Gasteiger charge is -2.19. The van der Waals surface area contributed by atoms with Gasteiger partial charge in [0.25, 0.3) is 5.91 Å². The Hall–Kier alpha value is -1.62. The first-order valence-corrected chi connectivity index (χ1v) is 5.68. The van der Waals surface area contributed by atoms with Crippen LogP contribution < -0.4 is 0 Å². The first kappa shape index (κ1) is 13.4. The standard InChI is InChI=1S/C12H19N3O2/c1-4-6-15(7-8-16)12(17)11-9-10(5-2)13-14(11)3/h4,9,16H,1,5-8H2,2-3H3. The molecule has 0 spiro atoms. The molecule has 1 aromatic rings. The van der Waals surface area contributed by atoms with Crippen molar-refractivity contribution in [1.82, 2.24) is 14.7 Å². The van der Waals surface area contributed by atoms with E-state index < -0.39 is 0 Å². The summed E-state index contributed by atoms with van der Waals surface area (Å²) in [6, 6.07) is 1.79. The summed E-state index contributed by atoms with van der Waals surface area (Å²) >= 11 is 0. The number of aliphatic hydroxyl groups is 1. The average Bonchev–Trinajstić information content (AvgIpc) is 2.69. The van der Waals surface area contributed by atoms with Crippen LogP contribution in [0.3, 0.4) is 0 Å². The Kier molecular flexibility index (Phi) is 4.90. The van der Waals surface area contributed by atoms with Gasteiger partial charge in [0.1, 0.15) is 5.69 Å². The Morgan fingerprint density at radius 1 is 1.71 bits per heavy atom. The minimum Gasteiger partial charge on any atom is -0.395 e. The minimum absolute atomic E-state index is 0.0575. The van der Waals surface area contributed by atoms with Gasteiger partial charge in [-0.2, -0.15) is 5.10 Å². The summed E-state index contributed by atoms with van der Waals surface area (Å²) in [7, 11) is 1.75. The molecule has 5 nitrogen and oxygen atoms in total. The van der Waals surface area contributed by atoms with Crippen LogP contribution in [-0.4, -0.2) is 45.4 Å². The van der Waals surface area contributed by atoms with Crippen molar-refractivity contribution >= 4 is 5.91 Å². The van der Waals surface area contributed by atoms with Gasteiger partial charge in [0, 0.05) is 20.1 Å². The summed E-state index contributed by atoms with van der Waals surface area (Å²) < 4.78 is 1.58. The molecule has 0 aromatic carbocycles. The minimum atomic E-state index is -0.131. The zero-order valence-electron chi connectivity index (χ0n) is 10.4. The van der Waals surface area contributed by atoms with Gasteiger partial charge in [-0.1, -0.05) is 13.0 Å². The number of hydrogen-bond donors (Lipinski definition) is 1. The van der Waals surface area contributed by atoms with Gasteiger partial charge in [-0.15, -0.1) is 6.58 Å². The normalized spacial score (nSPS) is 10.3. The van der Waals surface area contributed by atoms with Crippen LogP contribution in [-0.2, 0) is 13.5 Å². The maximum atomic E-state index is 12.2. The molecule has 0 aliphatic carbocycles. The molecule has 0 bridgehead atoms. The number of aliphatic hydroxyl groups excluding tert-OH is 1. The summed E-state index contributed by atoms with van der Waals surface area (Å²) in [5.74, 6) is -0.131. The number of hydrogen-bond acceptors (Lipinski definition) is 3. The monoisotopic (exact) mass is 237 g/mol. The largest absolute Gasteiger partial charge is 0.395 e. The third-order valence-electron chi connectivity index (χ3n) is 2.52. The number of carbonyl (C=O) groups excluding carboxylic acids is 1. The van der Waals surface area contributed by atoms with E-state index >= 15 is 0 Å². The molecule has 0 unspecified atom stereocenters. The van der Waals surface area contributed by atoms with E-state index in [0.717, 1.165) is 12.1 Å². The predicted octanol–water partition coefficient (Wildman–Crippen LogP) is 0.603. The van der Waals surface area contributed by atoms with E-state index in [9.17, 15) is 4.79 Å². The summed E-state index contributed by atoms with van der Waals surface area (Å²) in [5, 5.41) is 13.2. The fourth-order valence-electron chi connectivity index (χ4n) is 1.61. The maximum absolute atomic E-state index is 12.2. The Balaban J connectivity index is 2.91. The van der Waals surface area contributed by atoms with Crippen LogP contribution in [0.25, 0.3) is 0 Å². The van der Waals surface area contributed by atoms with Crippen molar-refractivity contribution in [1.29, 1.82) is 0 Å². The molecule has 0 saturated heterocycles. The molecule has 1 heterocycles. The van der Waals surface area contributed by atoms with Crippen molar-refractivity contribution in [2.45, 2.75) is 13.3 Å². The van der Waals surface area contributed by atoms with Gasteiger partial charge < -0.3 is 10.0 Å².